The van der Waals surface area contributed by atoms with Gasteiger partial charge in [0.05, 0.1) is 34.4 Å². The number of benzene rings is 2. The van der Waals surface area contributed by atoms with Crippen molar-refractivity contribution in [2.24, 2.45) is 0 Å². The Bertz CT molecular complexity index is 888. The van der Waals surface area contributed by atoms with Crippen molar-refractivity contribution >= 4 is 29.2 Å². The quantitative estimate of drug-likeness (QED) is 0.370. The zero-order valence-corrected chi connectivity index (χ0v) is 12.4. The van der Waals surface area contributed by atoms with Crippen LogP contribution in [0.4, 0.5) is 11.4 Å². The summed E-state index contributed by atoms with van der Waals surface area (Å²) in [4.78, 5) is 47.5. The van der Waals surface area contributed by atoms with Crippen molar-refractivity contribution in [1.82, 2.24) is 0 Å². The van der Waals surface area contributed by atoms with E-state index in [4.69, 9.17) is 0 Å². The molecule has 0 atom stereocenters. The number of nitro groups is 1. The Morgan fingerprint density at radius 3 is 2.25 bits per heavy atom. The molecule has 0 aliphatic carbocycles. The summed E-state index contributed by atoms with van der Waals surface area (Å²) in [6, 6.07) is 9.13. The van der Waals surface area contributed by atoms with E-state index in [2.05, 4.69) is 4.74 Å². The van der Waals surface area contributed by atoms with Crippen molar-refractivity contribution in [2.45, 2.75) is 0 Å². The predicted molar refractivity (Wildman–Crippen MR) is 82.0 cm³/mol. The number of imide groups is 1. The van der Waals surface area contributed by atoms with Crippen molar-refractivity contribution in [3.05, 3.63) is 69.3 Å². The average Bonchev–Trinajstić information content (AvgIpc) is 2.85. The van der Waals surface area contributed by atoms with E-state index in [-0.39, 0.29) is 28.1 Å². The molecule has 2 amide bonds. The molecule has 1 aliphatic heterocycles. The maximum absolute atomic E-state index is 12.5. The van der Waals surface area contributed by atoms with Gasteiger partial charge < -0.3 is 4.74 Å². The zero-order valence-electron chi connectivity index (χ0n) is 12.4. The molecule has 0 bridgehead atoms. The van der Waals surface area contributed by atoms with Crippen LogP contribution in [0.1, 0.15) is 31.1 Å². The molecule has 0 saturated carbocycles. The van der Waals surface area contributed by atoms with Gasteiger partial charge >= 0.3 is 5.97 Å². The van der Waals surface area contributed by atoms with Crippen LogP contribution in [0.2, 0.25) is 0 Å². The highest BCUT2D eigenvalue weighted by Crippen LogP contribution is 2.30. The van der Waals surface area contributed by atoms with Gasteiger partial charge in [0.15, 0.2) is 0 Å². The molecular weight excluding hydrogens is 316 g/mol. The summed E-state index contributed by atoms with van der Waals surface area (Å²) in [5, 5.41) is 10.7. The number of hydrogen-bond acceptors (Lipinski definition) is 6. The molecule has 1 aliphatic rings. The minimum Gasteiger partial charge on any atom is -0.465 e. The molecule has 0 radical (unpaired) electrons. The number of amides is 2. The second kappa shape index (κ2) is 5.58. The fourth-order valence-corrected chi connectivity index (χ4v) is 2.44. The maximum atomic E-state index is 12.5. The van der Waals surface area contributed by atoms with Gasteiger partial charge in [-0.3, -0.25) is 19.7 Å². The number of ether oxygens (including phenoxy) is 1. The molecule has 0 aromatic heterocycles. The van der Waals surface area contributed by atoms with Gasteiger partial charge in [-0.25, -0.2) is 9.69 Å². The first-order valence-corrected chi connectivity index (χ1v) is 6.79. The largest absolute Gasteiger partial charge is 0.465 e. The Balaban J connectivity index is 2.00. The number of nitrogens with zero attached hydrogens (tertiary/aromatic N) is 2. The third-order valence-corrected chi connectivity index (χ3v) is 3.63. The van der Waals surface area contributed by atoms with Crippen LogP contribution in [0.5, 0.6) is 0 Å². The van der Waals surface area contributed by atoms with E-state index < -0.39 is 22.7 Å². The minimum absolute atomic E-state index is 0.0845. The molecule has 8 heteroatoms. The van der Waals surface area contributed by atoms with Crippen LogP contribution in [0.15, 0.2) is 42.5 Å². The van der Waals surface area contributed by atoms with Crippen LogP contribution in [0.25, 0.3) is 0 Å². The molecule has 8 nitrogen and oxygen atoms in total. The first kappa shape index (κ1) is 15.3. The third kappa shape index (κ3) is 2.30. The number of anilines is 1. The summed E-state index contributed by atoms with van der Waals surface area (Å²) >= 11 is 0. The molecule has 0 spiro atoms. The molecule has 120 valence electrons. The monoisotopic (exact) mass is 326 g/mol. The predicted octanol–water partition coefficient (Wildman–Crippen LogP) is 2.18. The average molecular weight is 326 g/mol. The summed E-state index contributed by atoms with van der Waals surface area (Å²) in [6.07, 6.45) is 0. The summed E-state index contributed by atoms with van der Waals surface area (Å²) in [5.41, 5.74) is 0.463. The SMILES string of the molecule is COC(=O)c1ccc2c(c1)C(=O)N(c1ccc([N+](=O)[O-])cc1)C2=O. The highest BCUT2D eigenvalue weighted by molar-refractivity contribution is 6.34. The fraction of sp³-hybridized carbons (Fsp3) is 0.0625. The summed E-state index contributed by atoms with van der Waals surface area (Å²) in [7, 11) is 1.21. The van der Waals surface area contributed by atoms with Crippen LogP contribution < -0.4 is 4.90 Å². The lowest BCUT2D eigenvalue weighted by molar-refractivity contribution is -0.384. The van der Waals surface area contributed by atoms with E-state index in [1.165, 1.54) is 49.6 Å². The van der Waals surface area contributed by atoms with Gasteiger partial charge in [0.25, 0.3) is 17.5 Å². The Labute approximate surface area is 135 Å². The van der Waals surface area contributed by atoms with Crippen molar-refractivity contribution in [2.75, 3.05) is 12.0 Å². The normalized spacial score (nSPS) is 13.0. The van der Waals surface area contributed by atoms with Gasteiger partial charge in [-0.15, -0.1) is 0 Å². The van der Waals surface area contributed by atoms with Crippen molar-refractivity contribution < 1.29 is 24.0 Å². The van der Waals surface area contributed by atoms with E-state index in [0.29, 0.717) is 0 Å². The molecule has 1 heterocycles. The Morgan fingerprint density at radius 2 is 1.67 bits per heavy atom. The van der Waals surface area contributed by atoms with Gasteiger partial charge in [0.1, 0.15) is 0 Å². The lowest BCUT2D eigenvalue weighted by atomic mass is 10.1. The van der Waals surface area contributed by atoms with Crippen molar-refractivity contribution in [3.8, 4) is 0 Å². The van der Waals surface area contributed by atoms with Crippen LogP contribution in [0.3, 0.4) is 0 Å². The summed E-state index contributed by atoms with van der Waals surface area (Å²) in [6.45, 7) is 0. The topological polar surface area (TPSA) is 107 Å². The second-order valence-electron chi connectivity index (χ2n) is 4.97. The first-order valence-electron chi connectivity index (χ1n) is 6.79. The number of non-ortho nitro benzene ring substituents is 1. The number of rotatable bonds is 3. The molecule has 2 aromatic rings. The molecule has 3 rings (SSSR count). The number of fused-ring (bicyclic) bond motifs is 1. The highest BCUT2D eigenvalue weighted by Gasteiger charge is 2.37. The maximum Gasteiger partial charge on any atom is 0.337 e. The van der Waals surface area contributed by atoms with Crippen LogP contribution >= 0.6 is 0 Å². The number of nitro benzene ring substituents is 1. The molecule has 0 saturated heterocycles. The number of carbonyl (C=O) groups excluding carboxylic acids is 3. The Kier molecular flexibility index (Phi) is 3.57. The fourth-order valence-electron chi connectivity index (χ4n) is 2.44. The lowest BCUT2D eigenvalue weighted by Gasteiger charge is -2.13. The van der Waals surface area contributed by atoms with E-state index >= 15 is 0 Å². The highest BCUT2D eigenvalue weighted by atomic mass is 16.6. The zero-order chi connectivity index (χ0) is 17.4. The molecular formula is C16H10N2O6. The van der Waals surface area contributed by atoms with Gasteiger partial charge in [0, 0.05) is 12.1 Å². The van der Waals surface area contributed by atoms with Gasteiger partial charge in [-0.1, -0.05) is 0 Å². The van der Waals surface area contributed by atoms with E-state index in [1.807, 2.05) is 0 Å². The molecule has 0 fully saturated rings. The van der Waals surface area contributed by atoms with E-state index in [9.17, 15) is 24.5 Å². The van der Waals surface area contributed by atoms with Crippen molar-refractivity contribution in [1.29, 1.82) is 0 Å². The van der Waals surface area contributed by atoms with E-state index in [0.717, 1.165) is 4.90 Å². The van der Waals surface area contributed by atoms with Crippen molar-refractivity contribution in [3.63, 3.8) is 0 Å². The number of methoxy groups -OCH3 is 1. The third-order valence-electron chi connectivity index (χ3n) is 3.63. The van der Waals surface area contributed by atoms with Gasteiger partial charge in [-0.2, -0.15) is 0 Å². The molecule has 0 unspecified atom stereocenters. The smallest absolute Gasteiger partial charge is 0.337 e. The Hall–Kier alpha value is -3.55. The molecule has 2 aromatic carbocycles. The van der Waals surface area contributed by atoms with Gasteiger partial charge in [-0.05, 0) is 30.3 Å². The lowest BCUT2D eigenvalue weighted by Crippen LogP contribution is -2.29. The van der Waals surface area contributed by atoms with Crippen LogP contribution in [-0.4, -0.2) is 29.8 Å². The summed E-state index contributed by atoms with van der Waals surface area (Å²) in [5.74, 6) is -1.78. The number of hydrogen-bond donors (Lipinski definition) is 0. The molecule has 0 N–H and O–H groups in total. The Morgan fingerprint density at radius 1 is 1.04 bits per heavy atom. The molecule has 24 heavy (non-hydrogen) atoms. The van der Waals surface area contributed by atoms with Crippen LogP contribution in [0, 0.1) is 10.1 Å². The van der Waals surface area contributed by atoms with E-state index in [1.54, 1.807) is 0 Å². The summed E-state index contributed by atoms with van der Waals surface area (Å²) < 4.78 is 4.59. The number of carbonyl (C=O) groups is 3. The number of esters is 1. The minimum atomic E-state index is -0.619. The second-order valence-corrected chi connectivity index (χ2v) is 4.97. The first-order chi connectivity index (χ1) is 11.4. The standard InChI is InChI=1S/C16H10N2O6/c1-24-16(21)9-2-7-12-13(8-9)15(20)17(14(12)19)10-3-5-11(6-4-10)18(22)23/h2-8H,1H3. The van der Waals surface area contributed by atoms with Gasteiger partial charge in [0.2, 0.25) is 0 Å². The van der Waals surface area contributed by atoms with Crippen LogP contribution in [-0.2, 0) is 4.74 Å².